The van der Waals surface area contributed by atoms with Gasteiger partial charge in [-0.25, -0.2) is 4.79 Å². The van der Waals surface area contributed by atoms with Crippen molar-refractivity contribution in [1.82, 2.24) is 0 Å². The second-order valence-electron chi connectivity index (χ2n) is 4.43. The molecule has 2 aromatic rings. The summed E-state index contributed by atoms with van der Waals surface area (Å²) in [4.78, 5) is 11.4. The van der Waals surface area contributed by atoms with Gasteiger partial charge < -0.3 is 9.84 Å². The first-order valence-electron chi connectivity index (χ1n) is 5.78. The minimum absolute atomic E-state index is 0.363. The third-order valence-corrected chi connectivity index (χ3v) is 3.25. The van der Waals surface area contributed by atoms with E-state index >= 15 is 0 Å². The monoisotopic (exact) mass is 240 g/mol. The van der Waals surface area contributed by atoms with Crippen LogP contribution in [0.15, 0.2) is 36.4 Å². The molecule has 1 aliphatic heterocycles. The van der Waals surface area contributed by atoms with Crippen LogP contribution in [0.5, 0.6) is 11.5 Å². The molecule has 0 bridgehead atoms. The van der Waals surface area contributed by atoms with Crippen LogP contribution in [-0.2, 0) is 6.42 Å². The summed E-state index contributed by atoms with van der Waals surface area (Å²) in [6.07, 6.45) is 0.606. The molecule has 90 valence electrons. The average molecular weight is 240 g/mol. The number of hydrogen-bond acceptors (Lipinski definition) is 2. The van der Waals surface area contributed by atoms with E-state index in [1.54, 1.807) is 6.07 Å². The Morgan fingerprint density at radius 3 is 2.72 bits per heavy atom. The smallest absolute Gasteiger partial charge is 0.336 e. The van der Waals surface area contributed by atoms with Crippen LogP contribution in [0, 0.1) is 6.92 Å². The summed E-state index contributed by atoms with van der Waals surface area (Å²) in [5.74, 6) is 0.564. The number of ether oxygens (including phenoxy) is 1. The molecular formula is C15H12O3. The van der Waals surface area contributed by atoms with Crippen LogP contribution >= 0.6 is 0 Å². The van der Waals surface area contributed by atoms with E-state index in [0.717, 1.165) is 22.4 Å². The molecule has 3 nitrogen and oxygen atoms in total. The Kier molecular flexibility index (Phi) is 2.33. The van der Waals surface area contributed by atoms with Crippen LogP contribution in [0.3, 0.4) is 0 Å². The molecule has 3 rings (SSSR count). The Morgan fingerprint density at radius 2 is 1.94 bits per heavy atom. The maximum absolute atomic E-state index is 11.4. The molecule has 0 aromatic heterocycles. The van der Waals surface area contributed by atoms with E-state index in [4.69, 9.17) is 4.74 Å². The summed E-state index contributed by atoms with van der Waals surface area (Å²) in [5.41, 5.74) is 2.92. The summed E-state index contributed by atoms with van der Waals surface area (Å²) in [7, 11) is 0. The number of carbonyl (C=O) groups is 1. The van der Waals surface area contributed by atoms with Crippen LogP contribution in [0.4, 0.5) is 0 Å². The highest BCUT2D eigenvalue weighted by molar-refractivity contribution is 5.92. The van der Waals surface area contributed by atoms with Gasteiger partial charge >= 0.3 is 5.97 Å². The third-order valence-electron chi connectivity index (χ3n) is 3.25. The van der Waals surface area contributed by atoms with Crippen molar-refractivity contribution in [3.63, 3.8) is 0 Å². The molecule has 3 heteroatoms. The zero-order chi connectivity index (χ0) is 12.7. The number of aromatic carboxylic acids is 1. The molecule has 0 spiro atoms. The van der Waals surface area contributed by atoms with E-state index in [-0.39, 0.29) is 0 Å². The van der Waals surface area contributed by atoms with Gasteiger partial charge in [-0.15, -0.1) is 0 Å². The van der Waals surface area contributed by atoms with Crippen molar-refractivity contribution >= 4 is 5.97 Å². The lowest BCUT2D eigenvalue weighted by Crippen LogP contribution is -2.11. The van der Waals surface area contributed by atoms with Gasteiger partial charge in [0.2, 0.25) is 0 Å². The van der Waals surface area contributed by atoms with E-state index in [1.807, 2.05) is 37.3 Å². The molecule has 2 aromatic carbocycles. The Labute approximate surface area is 105 Å². The molecule has 0 radical (unpaired) electrons. The molecule has 1 heterocycles. The topological polar surface area (TPSA) is 46.5 Å². The highest BCUT2D eigenvalue weighted by atomic mass is 16.5. The van der Waals surface area contributed by atoms with Gasteiger partial charge in [-0.05, 0) is 30.2 Å². The highest BCUT2D eigenvalue weighted by Gasteiger charge is 2.23. The van der Waals surface area contributed by atoms with Crippen molar-refractivity contribution in [2.24, 2.45) is 0 Å². The highest BCUT2D eigenvalue weighted by Crippen LogP contribution is 2.38. The van der Waals surface area contributed by atoms with Gasteiger partial charge in [-0.1, -0.05) is 24.3 Å². The van der Waals surface area contributed by atoms with E-state index in [0.29, 0.717) is 17.7 Å². The van der Waals surface area contributed by atoms with Crippen LogP contribution in [0.2, 0.25) is 0 Å². The normalized spacial score (nSPS) is 12.3. The Balaban J connectivity index is 2.19. The van der Waals surface area contributed by atoms with Gasteiger partial charge in [0.1, 0.15) is 11.5 Å². The van der Waals surface area contributed by atoms with E-state index in [9.17, 15) is 9.90 Å². The van der Waals surface area contributed by atoms with Gasteiger partial charge in [-0.3, -0.25) is 0 Å². The zero-order valence-corrected chi connectivity index (χ0v) is 9.93. The van der Waals surface area contributed by atoms with Crippen LogP contribution in [0.25, 0.3) is 0 Å². The lowest BCUT2D eigenvalue weighted by Gasteiger charge is -2.22. The van der Waals surface area contributed by atoms with Crippen LogP contribution < -0.4 is 4.74 Å². The second kappa shape index (κ2) is 3.88. The van der Waals surface area contributed by atoms with E-state index < -0.39 is 5.97 Å². The van der Waals surface area contributed by atoms with Crippen molar-refractivity contribution in [3.05, 3.63) is 58.7 Å². The molecule has 0 atom stereocenters. The second-order valence-corrected chi connectivity index (χ2v) is 4.43. The first-order chi connectivity index (χ1) is 8.66. The first kappa shape index (κ1) is 10.8. The summed E-state index contributed by atoms with van der Waals surface area (Å²) in [6.45, 7) is 1.81. The number of carboxylic acids is 1. The van der Waals surface area contributed by atoms with Crippen LogP contribution in [-0.4, -0.2) is 11.1 Å². The molecule has 0 aliphatic carbocycles. The third kappa shape index (κ3) is 1.56. The number of fused-ring (bicyclic) bond motifs is 2. The van der Waals surface area contributed by atoms with Crippen molar-refractivity contribution in [3.8, 4) is 11.5 Å². The summed E-state index contributed by atoms with van der Waals surface area (Å²) in [6, 6.07) is 11.3. The minimum Gasteiger partial charge on any atom is -0.478 e. The maximum Gasteiger partial charge on any atom is 0.336 e. The van der Waals surface area contributed by atoms with Gasteiger partial charge in [0.15, 0.2) is 0 Å². The standard InChI is InChI=1S/C15H12O3/c1-9-6-7-13-11(14(9)15(16)17)8-10-4-2-3-5-12(10)18-13/h2-7H,8H2,1H3,(H,16,17). The SMILES string of the molecule is Cc1ccc2c(c1C(=O)O)Cc1ccccc1O2. The number of aryl methyl sites for hydroxylation is 1. The molecule has 0 fully saturated rings. The fourth-order valence-corrected chi connectivity index (χ4v) is 2.37. The summed E-state index contributed by atoms with van der Waals surface area (Å²) >= 11 is 0. The van der Waals surface area contributed by atoms with Crippen molar-refractivity contribution in [2.75, 3.05) is 0 Å². The molecule has 0 amide bonds. The first-order valence-corrected chi connectivity index (χ1v) is 5.78. The number of carboxylic acid groups (broad SMARTS) is 1. The lowest BCUT2D eigenvalue weighted by molar-refractivity contribution is 0.0694. The van der Waals surface area contributed by atoms with Crippen molar-refractivity contribution < 1.29 is 14.6 Å². The minimum atomic E-state index is -0.896. The average Bonchev–Trinajstić information content (AvgIpc) is 2.36. The number of para-hydroxylation sites is 1. The maximum atomic E-state index is 11.4. The molecule has 18 heavy (non-hydrogen) atoms. The predicted molar refractivity (Wildman–Crippen MR) is 67.5 cm³/mol. The quantitative estimate of drug-likeness (QED) is 0.709. The molecular weight excluding hydrogens is 228 g/mol. The summed E-state index contributed by atoms with van der Waals surface area (Å²) in [5, 5.41) is 9.31. The fourth-order valence-electron chi connectivity index (χ4n) is 2.37. The van der Waals surface area contributed by atoms with Gasteiger partial charge in [-0.2, -0.15) is 0 Å². The van der Waals surface area contributed by atoms with E-state index in [1.165, 1.54) is 0 Å². The largest absolute Gasteiger partial charge is 0.478 e. The van der Waals surface area contributed by atoms with E-state index in [2.05, 4.69) is 0 Å². The van der Waals surface area contributed by atoms with Crippen LogP contribution in [0.1, 0.15) is 27.0 Å². The van der Waals surface area contributed by atoms with Gasteiger partial charge in [0.05, 0.1) is 5.56 Å². The van der Waals surface area contributed by atoms with Gasteiger partial charge in [0.25, 0.3) is 0 Å². The Bertz CT molecular complexity index is 644. The molecule has 1 N–H and O–H groups in total. The summed E-state index contributed by atoms with van der Waals surface area (Å²) < 4.78 is 5.76. The molecule has 1 aliphatic rings. The lowest BCUT2D eigenvalue weighted by atomic mass is 9.93. The number of rotatable bonds is 1. The van der Waals surface area contributed by atoms with Gasteiger partial charge in [0, 0.05) is 12.0 Å². The molecule has 0 saturated carbocycles. The zero-order valence-electron chi connectivity index (χ0n) is 9.93. The fraction of sp³-hybridized carbons (Fsp3) is 0.133. The molecule has 0 unspecified atom stereocenters. The van der Waals surface area contributed by atoms with Crippen molar-refractivity contribution in [1.29, 1.82) is 0 Å². The number of hydrogen-bond donors (Lipinski definition) is 1. The Morgan fingerprint density at radius 1 is 1.17 bits per heavy atom. The number of benzene rings is 2. The Hall–Kier alpha value is -2.29. The predicted octanol–water partition coefficient (Wildman–Crippen LogP) is 3.39. The molecule has 0 saturated heterocycles. The van der Waals surface area contributed by atoms with Crippen molar-refractivity contribution in [2.45, 2.75) is 13.3 Å².